The number of alkyl halides is 3. The third-order valence-corrected chi connectivity index (χ3v) is 5.87. The fourth-order valence-electron chi connectivity index (χ4n) is 3.74. The van der Waals surface area contributed by atoms with E-state index in [2.05, 4.69) is 47.9 Å². The first-order valence-electron chi connectivity index (χ1n) is 11.4. The van der Waals surface area contributed by atoms with Crippen molar-refractivity contribution < 1.29 is 22.6 Å². The summed E-state index contributed by atoms with van der Waals surface area (Å²) in [6.07, 6.45) is -5.11. The molecule has 7 nitrogen and oxygen atoms in total. The zero-order chi connectivity index (χ0) is 28.5. The number of aromatic nitrogens is 2. The van der Waals surface area contributed by atoms with Crippen LogP contribution in [0.1, 0.15) is 12.5 Å². The molecule has 0 bridgehead atoms. The summed E-state index contributed by atoms with van der Waals surface area (Å²) in [6, 6.07) is 15.9. The third-order valence-electron chi connectivity index (χ3n) is 5.60. The van der Waals surface area contributed by atoms with Crippen molar-refractivity contribution in [3.05, 3.63) is 76.6 Å². The van der Waals surface area contributed by atoms with Gasteiger partial charge in [-0.1, -0.05) is 6.07 Å². The van der Waals surface area contributed by atoms with Gasteiger partial charge in [-0.05, 0) is 61.0 Å². The first-order valence-corrected chi connectivity index (χ1v) is 12.7. The molecule has 13 heteroatoms. The number of anilines is 1. The molecule has 0 saturated heterocycles. The molecule has 0 aliphatic carbocycles. The lowest BCUT2D eigenvalue weighted by Gasteiger charge is -2.19. The van der Waals surface area contributed by atoms with E-state index >= 15 is 0 Å². The van der Waals surface area contributed by atoms with Gasteiger partial charge in [-0.3, -0.25) is 14.4 Å². The van der Waals surface area contributed by atoms with Crippen molar-refractivity contribution in [3.63, 3.8) is 0 Å². The molecule has 0 aliphatic heterocycles. The molecule has 2 N–H and O–H groups in total. The lowest BCUT2D eigenvalue weighted by Crippen LogP contribution is -2.31. The highest BCUT2D eigenvalue weighted by Gasteiger charge is 2.38. The minimum atomic E-state index is -4.59. The molecule has 0 saturated carbocycles. The summed E-state index contributed by atoms with van der Waals surface area (Å²) in [5, 5.41) is 0.486. The molecule has 0 radical (unpaired) electrons. The third kappa shape index (κ3) is 6.65. The van der Waals surface area contributed by atoms with Gasteiger partial charge in [0.15, 0.2) is 11.8 Å². The van der Waals surface area contributed by atoms with Crippen LogP contribution in [0, 0.1) is 0 Å². The molecule has 4 rings (SSSR count). The lowest BCUT2D eigenvalue weighted by molar-refractivity contribution is -0.189. The fourth-order valence-corrected chi connectivity index (χ4v) is 4.06. The van der Waals surface area contributed by atoms with Crippen molar-refractivity contribution in [3.8, 4) is 28.4 Å². The van der Waals surface area contributed by atoms with Crippen molar-refractivity contribution in [2.24, 2.45) is 4.99 Å². The molecule has 39 heavy (non-hydrogen) atoms. The number of fused-ring (bicyclic) bond motifs is 1. The Labute approximate surface area is 238 Å². The van der Waals surface area contributed by atoms with Crippen LogP contribution >= 0.6 is 37.9 Å². The molecule has 0 aliphatic rings. The van der Waals surface area contributed by atoms with Gasteiger partial charge in [-0.25, -0.2) is 0 Å². The average molecular weight is 593 g/mol. The number of nitrogens with two attached hydrogens (primary N) is 1. The van der Waals surface area contributed by atoms with Gasteiger partial charge in [0.2, 0.25) is 9.48 Å². The van der Waals surface area contributed by atoms with Crippen LogP contribution in [0.4, 0.5) is 18.9 Å². The molecule has 2 aromatic heterocycles. The number of hydrogen-bond acceptors (Lipinski definition) is 9. The van der Waals surface area contributed by atoms with Crippen LogP contribution in [0.3, 0.4) is 0 Å². The van der Waals surface area contributed by atoms with E-state index < -0.39 is 21.4 Å². The quantitative estimate of drug-likeness (QED) is 0.0944. The zero-order valence-electron chi connectivity index (χ0n) is 20.5. The van der Waals surface area contributed by atoms with Crippen molar-refractivity contribution in [2.45, 2.75) is 22.8 Å². The Kier molecular flexibility index (Phi) is 8.14. The summed E-state index contributed by atoms with van der Waals surface area (Å²) in [4.78, 5) is 22.2. The Balaban J connectivity index is 1.94. The number of thiol groups is 3. The second-order valence-electron chi connectivity index (χ2n) is 8.46. The highest BCUT2D eigenvalue weighted by atomic mass is 32.2. The van der Waals surface area contributed by atoms with Gasteiger partial charge in [0, 0.05) is 41.5 Å². The summed E-state index contributed by atoms with van der Waals surface area (Å²) in [6.45, 7) is 0.878. The minimum Gasteiger partial charge on any atom is -0.465 e. The van der Waals surface area contributed by atoms with E-state index in [1.54, 1.807) is 67.9 Å². The summed E-state index contributed by atoms with van der Waals surface area (Å²) in [5.74, 6) is 0.0809. The second-order valence-corrected chi connectivity index (χ2v) is 11.4. The van der Waals surface area contributed by atoms with Crippen LogP contribution in [0.15, 0.2) is 70.5 Å². The van der Waals surface area contributed by atoms with Crippen molar-refractivity contribution >= 4 is 60.8 Å². The molecule has 0 amide bonds. The number of nitrogen functional groups attached to an aromatic ring is 1. The molecular weight excluding hydrogens is 570 g/mol. The number of nitrogens with zero attached hydrogens (tertiary/aromatic N) is 3. The number of ether oxygens (including phenoxy) is 2. The lowest BCUT2D eigenvalue weighted by atomic mass is 10.0. The van der Waals surface area contributed by atoms with E-state index in [0.717, 1.165) is 6.92 Å². The maximum Gasteiger partial charge on any atom is 0.425 e. The molecule has 0 fully saturated rings. The summed E-state index contributed by atoms with van der Waals surface area (Å²) in [7, 11) is 1.60. The Hall–Kier alpha value is -3.29. The van der Waals surface area contributed by atoms with E-state index in [1.807, 2.05) is 0 Å². The van der Waals surface area contributed by atoms with Gasteiger partial charge in [0.25, 0.3) is 5.56 Å². The summed E-state index contributed by atoms with van der Waals surface area (Å²) < 4.78 is 49.8. The minimum absolute atomic E-state index is 0.0991. The van der Waals surface area contributed by atoms with Crippen molar-refractivity contribution in [1.82, 2.24) is 9.55 Å². The zero-order valence-corrected chi connectivity index (χ0v) is 23.2. The molecule has 0 spiro atoms. The molecule has 204 valence electrons. The van der Waals surface area contributed by atoms with Gasteiger partial charge >= 0.3 is 6.18 Å². The highest BCUT2D eigenvalue weighted by molar-refractivity contribution is 8.16. The van der Waals surface area contributed by atoms with Crippen LogP contribution in [0.2, 0.25) is 0 Å². The van der Waals surface area contributed by atoms with Crippen LogP contribution < -0.4 is 20.8 Å². The Morgan fingerprint density at radius 3 is 2.36 bits per heavy atom. The Bertz CT molecular complexity index is 1600. The van der Waals surface area contributed by atoms with Gasteiger partial charge in [-0.15, -0.1) is 37.9 Å². The van der Waals surface area contributed by atoms with E-state index in [9.17, 15) is 18.0 Å². The van der Waals surface area contributed by atoms with E-state index in [4.69, 9.17) is 15.2 Å². The molecule has 2 aromatic carbocycles. The monoisotopic (exact) mass is 592 g/mol. The Morgan fingerprint density at radius 2 is 1.74 bits per heavy atom. The van der Waals surface area contributed by atoms with Crippen LogP contribution in [0.25, 0.3) is 27.8 Å². The first kappa shape index (κ1) is 28.7. The maximum atomic E-state index is 13.9. The average Bonchev–Trinajstić information content (AvgIpc) is 2.84. The van der Waals surface area contributed by atoms with E-state index in [-0.39, 0.29) is 11.5 Å². The topological polar surface area (TPSA) is 91.7 Å². The number of hydrogen-bond donors (Lipinski definition) is 4. The maximum absolute atomic E-state index is 13.9. The van der Waals surface area contributed by atoms with E-state index in [1.165, 1.54) is 10.6 Å². The van der Waals surface area contributed by atoms with Gasteiger partial charge < -0.3 is 15.2 Å². The second kappa shape index (κ2) is 11.1. The molecule has 2 heterocycles. The number of aliphatic imine (C=N–C) groups is 1. The fraction of sp³-hybridized carbons (Fsp3) is 0.192. The van der Waals surface area contributed by atoms with Crippen molar-refractivity contribution in [1.29, 1.82) is 0 Å². The molecule has 1 atom stereocenters. The highest BCUT2D eigenvalue weighted by Crippen LogP contribution is 2.31. The predicted octanol–water partition coefficient (Wildman–Crippen LogP) is 5.79. The van der Waals surface area contributed by atoms with Crippen LogP contribution in [0.5, 0.6) is 11.6 Å². The van der Waals surface area contributed by atoms with Gasteiger partial charge in [0.1, 0.15) is 5.75 Å². The molecule has 1 unspecified atom stereocenters. The molecule has 4 aromatic rings. The summed E-state index contributed by atoms with van der Waals surface area (Å²) >= 11 is 12.3. The van der Waals surface area contributed by atoms with Crippen LogP contribution in [-0.2, 0) is 0 Å². The van der Waals surface area contributed by atoms with Gasteiger partial charge in [-0.2, -0.15) is 18.2 Å². The first-order chi connectivity index (χ1) is 18.3. The number of benzene rings is 2. The molecular formula is C26H23F3N4O3S3. The summed E-state index contributed by atoms with van der Waals surface area (Å²) in [5.41, 5.74) is 8.03. The largest absolute Gasteiger partial charge is 0.465 e. The number of rotatable bonds is 7. The Morgan fingerprint density at radius 1 is 1.05 bits per heavy atom. The SMILES string of the molecule is CN=Cc1cc(-c2cc3ccc(OC(C)C(F)(F)F)nc3n(-c3ccc(OC(S)(S)S)cc3)c2=O)ccc1N. The van der Waals surface area contributed by atoms with Crippen LogP contribution in [-0.4, -0.2) is 38.7 Å². The van der Waals surface area contributed by atoms with Crippen molar-refractivity contribution in [2.75, 3.05) is 12.8 Å². The van der Waals surface area contributed by atoms with Gasteiger partial charge in [0.05, 0.1) is 5.69 Å². The number of halogens is 3. The number of pyridine rings is 2. The van der Waals surface area contributed by atoms with E-state index in [0.29, 0.717) is 39.2 Å². The smallest absolute Gasteiger partial charge is 0.425 e. The normalized spacial score (nSPS) is 13.1. The predicted molar refractivity (Wildman–Crippen MR) is 157 cm³/mol. The standard InChI is InChI=1S/C26H23F3N4O3S3/c1-14(25(27,28)29)35-22-10-4-16-12-20(15-3-9-21(30)17(11-15)13-31-2)24(34)33(23(16)32-22)18-5-7-19(8-6-18)36-26(37,38)39/h3-14,37-39H,30H2,1-2H3.